The van der Waals surface area contributed by atoms with Crippen molar-refractivity contribution in [3.63, 3.8) is 0 Å². The lowest BCUT2D eigenvalue weighted by molar-refractivity contribution is -0.116. The first-order chi connectivity index (χ1) is 17.0. The first kappa shape index (κ1) is 24.7. The summed E-state index contributed by atoms with van der Waals surface area (Å²) in [6, 6.07) is 15.1. The topological polar surface area (TPSA) is 101 Å². The van der Waals surface area contributed by atoms with Crippen LogP contribution in [-0.2, 0) is 15.3 Å². The number of hydrogen-bond donors (Lipinski definition) is 1. The van der Waals surface area contributed by atoms with E-state index in [1.165, 1.54) is 16.7 Å². The van der Waals surface area contributed by atoms with Crippen molar-refractivity contribution in [2.45, 2.75) is 24.5 Å². The van der Waals surface area contributed by atoms with Crippen LogP contribution in [0.25, 0.3) is 0 Å². The molecule has 0 atom stereocenters. The third-order valence-electron chi connectivity index (χ3n) is 5.57. The molecule has 184 valence electrons. The van der Waals surface area contributed by atoms with Gasteiger partial charge in [0.05, 0.1) is 24.5 Å². The molecule has 0 unspecified atom stereocenters. The largest absolute Gasteiger partial charge is 0.378 e. The Morgan fingerprint density at radius 2 is 1.86 bits per heavy atom. The van der Waals surface area contributed by atoms with Crippen molar-refractivity contribution in [3.8, 4) is 0 Å². The Balaban J connectivity index is 1.36. The number of morpholine rings is 1. The number of anilines is 2. The predicted molar refractivity (Wildman–Crippen MR) is 135 cm³/mol. The maximum Gasteiger partial charge on any atom is 0.255 e. The molecule has 1 N–H and O–H groups in total. The predicted octanol–water partition coefficient (Wildman–Crippen LogP) is 3.61. The Morgan fingerprint density at radius 3 is 2.54 bits per heavy atom. The number of carbonyl (C=O) groups excluding carboxylic acids is 2. The number of benzene rings is 2. The second kappa shape index (κ2) is 11.9. The van der Waals surface area contributed by atoms with Crippen molar-refractivity contribution in [2.75, 3.05) is 49.6 Å². The van der Waals surface area contributed by atoms with Gasteiger partial charge in [-0.05, 0) is 43.3 Å². The number of thioether (sulfide) groups is 1. The summed E-state index contributed by atoms with van der Waals surface area (Å²) in [7, 11) is 0. The number of carbonyl (C=O) groups is 2. The summed E-state index contributed by atoms with van der Waals surface area (Å²) in [4.78, 5) is 34.8. The number of aryl methyl sites for hydroxylation is 1. The van der Waals surface area contributed by atoms with Crippen LogP contribution in [0.1, 0.15) is 29.0 Å². The zero-order valence-electron chi connectivity index (χ0n) is 19.9. The first-order valence-corrected chi connectivity index (χ1v) is 12.5. The summed E-state index contributed by atoms with van der Waals surface area (Å²) in [6.45, 7) is 7.12. The zero-order chi connectivity index (χ0) is 24.6. The highest BCUT2D eigenvalue weighted by Gasteiger charge is 2.21. The summed E-state index contributed by atoms with van der Waals surface area (Å²) in [5.41, 5.74) is 2.34. The van der Waals surface area contributed by atoms with E-state index < -0.39 is 0 Å². The summed E-state index contributed by atoms with van der Waals surface area (Å²) >= 11 is 1.46. The van der Waals surface area contributed by atoms with E-state index in [0.29, 0.717) is 35.3 Å². The number of aromatic nitrogens is 2. The van der Waals surface area contributed by atoms with Gasteiger partial charge in [-0.1, -0.05) is 17.3 Å². The van der Waals surface area contributed by atoms with E-state index in [-0.39, 0.29) is 18.4 Å². The van der Waals surface area contributed by atoms with Crippen molar-refractivity contribution in [1.29, 1.82) is 0 Å². The highest BCUT2D eigenvalue weighted by molar-refractivity contribution is 7.98. The molecule has 0 saturated carbocycles. The van der Waals surface area contributed by atoms with E-state index in [4.69, 9.17) is 9.26 Å². The second-order valence-corrected chi connectivity index (χ2v) is 9.05. The average Bonchev–Trinajstić information content (AvgIpc) is 3.31. The normalized spacial score (nSPS) is 13.5. The van der Waals surface area contributed by atoms with E-state index in [0.717, 1.165) is 36.9 Å². The summed E-state index contributed by atoms with van der Waals surface area (Å²) in [5, 5.41) is 6.80. The minimum absolute atomic E-state index is 0.0381. The van der Waals surface area contributed by atoms with E-state index >= 15 is 0 Å². The molecule has 1 fully saturated rings. The third kappa shape index (κ3) is 6.61. The molecule has 1 aromatic heterocycles. The summed E-state index contributed by atoms with van der Waals surface area (Å²) in [6.07, 6.45) is 0. The quantitative estimate of drug-likeness (QED) is 0.450. The zero-order valence-corrected chi connectivity index (χ0v) is 20.7. The van der Waals surface area contributed by atoms with Gasteiger partial charge in [0, 0.05) is 42.8 Å². The van der Waals surface area contributed by atoms with Gasteiger partial charge in [0.25, 0.3) is 5.91 Å². The van der Waals surface area contributed by atoms with Crippen molar-refractivity contribution in [3.05, 3.63) is 65.8 Å². The number of likely N-dealkylation sites (N-methyl/N-ethyl adjacent to an activating group) is 1. The lowest BCUT2D eigenvalue weighted by Gasteiger charge is -2.29. The van der Waals surface area contributed by atoms with Gasteiger partial charge >= 0.3 is 0 Å². The van der Waals surface area contributed by atoms with Gasteiger partial charge in [0.2, 0.25) is 11.8 Å². The Labute approximate surface area is 208 Å². The molecule has 0 aliphatic carbocycles. The number of hydrogen-bond acceptors (Lipinski definition) is 8. The average molecular weight is 496 g/mol. The number of nitrogens with zero attached hydrogens (tertiary/aromatic N) is 4. The molecule has 0 radical (unpaired) electrons. The standard InChI is InChI=1S/C25H29N5O4S/c1-3-29(16-24(31)27-19-8-10-20(11-9-19)30-12-14-33-15-13-30)25(32)21-6-4-5-7-22(21)35-17-23-26-18(2)34-28-23/h4-11H,3,12-17H2,1-2H3,(H,27,31). The van der Waals surface area contributed by atoms with Crippen LogP contribution in [0, 0.1) is 6.92 Å². The molecule has 10 heteroatoms. The minimum Gasteiger partial charge on any atom is -0.378 e. The first-order valence-electron chi connectivity index (χ1n) is 11.6. The van der Waals surface area contributed by atoms with Crippen LogP contribution in [0.2, 0.25) is 0 Å². The number of nitrogens with one attached hydrogen (secondary N) is 1. The summed E-state index contributed by atoms with van der Waals surface area (Å²) in [5.74, 6) is 1.11. The van der Waals surface area contributed by atoms with Crippen molar-refractivity contribution < 1.29 is 18.8 Å². The van der Waals surface area contributed by atoms with E-state index in [9.17, 15) is 9.59 Å². The van der Waals surface area contributed by atoms with Crippen molar-refractivity contribution in [2.24, 2.45) is 0 Å². The Bertz CT molecular complexity index is 1140. The SMILES string of the molecule is CCN(CC(=O)Nc1ccc(N2CCOCC2)cc1)C(=O)c1ccccc1SCc1noc(C)n1. The van der Waals surface area contributed by atoms with Crippen LogP contribution >= 0.6 is 11.8 Å². The fourth-order valence-electron chi connectivity index (χ4n) is 3.76. The lowest BCUT2D eigenvalue weighted by Crippen LogP contribution is -2.38. The van der Waals surface area contributed by atoms with Crippen LogP contribution in [-0.4, -0.2) is 66.2 Å². The number of amides is 2. The van der Waals surface area contributed by atoms with Crippen molar-refractivity contribution >= 4 is 35.0 Å². The smallest absolute Gasteiger partial charge is 0.255 e. The molecule has 9 nitrogen and oxygen atoms in total. The molecule has 2 amide bonds. The van der Waals surface area contributed by atoms with E-state index in [1.54, 1.807) is 13.0 Å². The van der Waals surface area contributed by atoms with Crippen LogP contribution in [0.3, 0.4) is 0 Å². The number of rotatable bonds is 9. The van der Waals surface area contributed by atoms with Gasteiger partial charge in [-0.2, -0.15) is 4.98 Å². The van der Waals surface area contributed by atoms with Gasteiger partial charge in [0.1, 0.15) is 6.54 Å². The maximum atomic E-state index is 13.3. The van der Waals surface area contributed by atoms with Crippen molar-refractivity contribution in [1.82, 2.24) is 15.0 Å². The second-order valence-electron chi connectivity index (χ2n) is 8.03. The molecule has 2 aromatic carbocycles. The molecular formula is C25H29N5O4S. The molecule has 3 aromatic rings. The Morgan fingerprint density at radius 1 is 1.11 bits per heavy atom. The van der Waals surface area contributed by atoms with Crippen LogP contribution in [0.5, 0.6) is 0 Å². The highest BCUT2D eigenvalue weighted by atomic mass is 32.2. The molecule has 0 bridgehead atoms. The van der Waals surface area contributed by atoms with Gasteiger partial charge in [-0.25, -0.2) is 0 Å². The molecule has 1 aliphatic heterocycles. The van der Waals surface area contributed by atoms with Crippen LogP contribution < -0.4 is 10.2 Å². The summed E-state index contributed by atoms with van der Waals surface area (Å²) < 4.78 is 10.4. The van der Waals surface area contributed by atoms with Gasteiger partial charge in [0.15, 0.2) is 5.82 Å². The minimum atomic E-state index is -0.244. The van der Waals surface area contributed by atoms with E-state index in [2.05, 4.69) is 20.4 Å². The molecular weight excluding hydrogens is 466 g/mol. The maximum absolute atomic E-state index is 13.3. The number of ether oxygens (including phenoxy) is 1. The highest BCUT2D eigenvalue weighted by Crippen LogP contribution is 2.26. The Kier molecular flexibility index (Phi) is 8.38. The molecule has 1 saturated heterocycles. The molecule has 1 aliphatic rings. The van der Waals surface area contributed by atoms with Crippen LogP contribution in [0.15, 0.2) is 57.9 Å². The van der Waals surface area contributed by atoms with Crippen LogP contribution in [0.4, 0.5) is 11.4 Å². The molecule has 35 heavy (non-hydrogen) atoms. The molecule has 4 rings (SSSR count). The lowest BCUT2D eigenvalue weighted by atomic mass is 10.2. The fourth-order valence-corrected chi connectivity index (χ4v) is 4.65. The van der Waals surface area contributed by atoms with Gasteiger partial charge in [-0.3, -0.25) is 9.59 Å². The fraction of sp³-hybridized carbons (Fsp3) is 0.360. The van der Waals surface area contributed by atoms with Gasteiger partial charge in [-0.15, -0.1) is 11.8 Å². The molecule has 0 spiro atoms. The Hall–Kier alpha value is -3.37. The van der Waals surface area contributed by atoms with E-state index in [1.807, 2.05) is 49.4 Å². The monoisotopic (exact) mass is 495 g/mol. The third-order valence-corrected chi connectivity index (χ3v) is 6.64. The molecule has 2 heterocycles. The van der Waals surface area contributed by atoms with Gasteiger partial charge < -0.3 is 24.4 Å².